The van der Waals surface area contributed by atoms with E-state index in [1.807, 2.05) is 0 Å². The molecule has 0 aliphatic carbocycles. The predicted molar refractivity (Wildman–Crippen MR) is 35.4 cm³/mol. The first kappa shape index (κ1) is 36.9. The van der Waals surface area contributed by atoms with Crippen LogP contribution in [0.25, 0.3) is 5.73 Å². The maximum atomic E-state index is 9.65. The van der Waals surface area contributed by atoms with E-state index in [4.69, 9.17) is 5.73 Å². The minimum Gasteiger partial charge on any atom is -1.00 e. The van der Waals surface area contributed by atoms with Gasteiger partial charge in [-0.15, -0.1) is 0 Å². The summed E-state index contributed by atoms with van der Waals surface area (Å²) < 4.78 is 0. The summed E-state index contributed by atoms with van der Waals surface area (Å²) in [6.45, 7) is 0. The van der Waals surface area contributed by atoms with Gasteiger partial charge in [-0.3, -0.25) is 0 Å². The molecule has 0 radical (unpaired) electrons. The molecule has 0 saturated heterocycles. The number of carbonyl (C=O) groups excluding carboxylic acids is 2. The van der Waals surface area contributed by atoms with E-state index in [2.05, 4.69) is 0 Å². The van der Waals surface area contributed by atoms with Gasteiger partial charge in [0, 0.05) is 11.9 Å². The molecule has 0 fully saturated rings. The zero-order valence-electron chi connectivity index (χ0n) is 7.84. The fraction of sp³-hybridized carbons (Fsp3) is 0.500. The van der Waals surface area contributed by atoms with Crippen LogP contribution in [0.3, 0.4) is 0 Å². The van der Waals surface area contributed by atoms with E-state index in [1.54, 1.807) is 0 Å². The van der Waals surface area contributed by atoms with E-state index in [1.165, 1.54) is 0 Å². The predicted octanol–water partition coefficient (Wildman–Crippen LogP) is -6.50. The van der Waals surface area contributed by atoms with Crippen molar-refractivity contribution in [3.8, 4) is 0 Å². The van der Waals surface area contributed by atoms with E-state index in [0.717, 1.165) is 0 Å². The van der Waals surface area contributed by atoms with E-state index in [0.29, 0.717) is 0 Å². The number of nitrogens with one attached hydrogen (secondary N) is 1. The van der Waals surface area contributed by atoms with E-state index in [9.17, 15) is 19.8 Å². The number of halogens is 1. The molecule has 0 rings (SSSR count). The van der Waals surface area contributed by atoms with Crippen LogP contribution < -0.4 is 27.2 Å². The van der Waals surface area contributed by atoms with Gasteiger partial charge in [-0.05, 0) is 6.42 Å². The van der Waals surface area contributed by atoms with Gasteiger partial charge in [-0.1, -0.05) is 6.04 Å². The van der Waals surface area contributed by atoms with Crippen LogP contribution in [0.5, 0.6) is 0 Å². The van der Waals surface area contributed by atoms with Crippen LogP contribution in [0.1, 0.15) is 7.85 Å². The van der Waals surface area contributed by atoms with Crippen LogP contribution in [0.15, 0.2) is 0 Å². The van der Waals surface area contributed by atoms with Crippen LogP contribution in [0.4, 0.5) is 0 Å². The second-order valence-electron chi connectivity index (χ2n) is 1.45. The Kier molecular flexibility index (Phi) is 49.5. The van der Waals surface area contributed by atoms with E-state index < -0.39 is 24.4 Å². The standard InChI is InChI=1S/C4H6NO4.BrH.Mg.3H2O/c5-2(4(8)9)1-3(6)7;;;;;/h2,5H,1H2,(H,6,7)(H,8,9);1H;;3*1H2/q-1;;+2;;;/p-5. The normalized spacial score (nSPS) is 8.07. The Balaban J connectivity index is -0.0000000213. The number of aliphatic carboxylic acids is 2. The summed E-state index contributed by atoms with van der Waals surface area (Å²) in [6, 6.07) is -1.71. The van der Waals surface area contributed by atoms with Gasteiger partial charge in [-0.2, -0.15) is 0 Å². The van der Waals surface area contributed by atoms with Gasteiger partial charge in [0.1, 0.15) is 0 Å². The van der Waals surface area contributed by atoms with Crippen molar-refractivity contribution in [2.75, 3.05) is 0 Å². The number of carboxylic acids is 2. The molecule has 0 aromatic rings. The number of rotatable bonds is 3. The summed E-state index contributed by atoms with van der Waals surface area (Å²) in [5, 5.41) is 19.2. The van der Waals surface area contributed by atoms with Crippen molar-refractivity contribution in [3.63, 3.8) is 0 Å². The molecule has 4 N–H and O–H groups in total. The molecule has 0 aliphatic heterocycles. The van der Waals surface area contributed by atoms with Crippen LogP contribution in [-0.2, 0) is 9.59 Å². The van der Waals surface area contributed by atoms with Gasteiger partial charge >= 0.3 is 24.5 Å². The van der Waals surface area contributed by atoms with Crippen molar-refractivity contribution in [1.82, 2.24) is 0 Å². The maximum absolute atomic E-state index is 9.65. The zero-order chi connectivity index (χ0) is 7.44. The molecule has 1 unspecified atom stereocenters. The first-order chi connectivity index (χ1) is 4.04. The number of carboxylic acid groups (broad SMARTS) is 2. The van der Waals surface area contributed by atoms with Crippen LogP contribution in [0.2, 0.25) is 0 Å². The van der Waals surface area contributed by atoms with Gasteiger partial charge in [-0.25, -0.2) is 0 Å². The molecular formula is C4H8BrMgNO7-4. The molecule has 0 aromatic heterocycles. The summed E-state index contributed by atoms with van der Waals surface area (Å²) in [7, 11) is 0. The Morgan fingerprint density at radius 2 is 1.50 bits per heavy atom. The summed E-state index contributed by atoms with van der Waals surface area (Å²) in [4.78, 5) is 19.2. The Labute approximate surface area is 108 Å². The van der Waals surface area contributed by atoms with Crippen LogP contribution >= 0.6 is 0 Å². The Morgan fingerprint density at radius 1 is 1.21 bits per heavy atom. The van der Waals surface area contributed by atoms with Gasteiger partial charge in [0.05, 0.1) is 0 Å². The summed E-state index contributed by atoms with van der Waals surface area (Å²) >= 11 is 0. The quantitative estimate of drug-likeness (QED) is 0.459. The van der Waals surface area contributed by atoms with Crippen molar-refractivity contribution in [2.24, 2.45) is 0 Å². The Bertz CT molecular complexity index is 151. The summed E-state index contributed by atoms with van der Waals surface area (Å²) in [6.07, 6.45) is -0.817. The average Bonchev–Trinajstić information content (AvgIpc) is 1.63. The number of carbonyl (C=O) groups is 2. The van der Waals surface area contributed by atoms with Crippen molar-refractivity contribution in [1.29, 1.82) is 0 Å². The largest absolute Gasteiger partial charge is 2.00 e. The monoisotopic (exact) mass is 285 g/mol. The van der Waals surface area contributed by atoms with Gasteiger partial charge in [0.25, 0.3) is 0 Å². The van der Waals surface area contributed by atoms with Crippen molar-refractivity contribution in [2.45, 2.75) is 12.5 Å². The third-order valence-electron chi connectivity index (χ3n) is 0.655. The molecule has 0 amide bonds. The van der Waals surface area contributed by atoms with Gasteiger partial charge in [0.2, 0.25) is 0 Å². The second-order valence-corrected chi connectivity index (χ2v) is 1.45. The van der Waals surface area contributed by atoms with Crippen molar-refractivity contribution >= 4 is 35.0 Å². The number of hydrogen-bond donors (Lipinski definition) is 0. The molecule has 0 heterocycles. The maximum Gasteiger partial charge on any atom is 2.00 e. The van der Waals surface area contributed by atoms with Crippen LogP contribution in [0, 0.1) is 0 Å². The van der Waals surface area contributed by atoms with Gasteiger partial charge < -0.3 is 58.9 Å². The second kappa shape index (κ2) is 18.7. The topological polar surface area (TPSA) is 194 Å². The molecule has 10 heteroatoms. The Morgan fingerprint density at radius 3 is 1.57 bits per heavy atom. The van der Waals surface area contributed by atoms with Crippen molar-refractivity contribution in [3.05, 3.63) is 5.73 Å². The van der Waals surface area contributed by atoms with E-state index in [-0.39, 0.29) is 57.9 Å². The first-order valence-electron chi connectivity index (χ1n) is 2.16. The van der Waals surface area contributed by atoms with Crippen LogP contribution in [-0.4, -0.2) is 57.5 Å². The zero-order valence-corrected chi connectivity index (χ0v) is 9.84. The SMILES string of the molecule is [Br-].[H+].[Mg+2].[NH-]C(CC(=O)[O-])C(=O)[O-].[OH-].[OH-].[OH-]. The molecule has 8 nitrogen and oxygen atoms in total. The Hall–Kier alpha value is 0.0262. The molecule has 0 aliphatic rings. The van der Waals surface area contributed by atoms with E-state index >= 15 is 0 Å². The third kappa shape index (κ3) is 22.7. The summed E-state index contributed by atoms with van der Waals surface area (Å²) in [5.74, 6) is -3.25. The van der Waals surface area contributed by atoms with Gasteiger partial charge in [0.15, 0.2) is 0 Å². The average molecular weight is 286 g/mol. The fourth-order valence-corrected chi connectivity index (χ4v) is 0.250. The molecule has 0 saturated carbocycles. The first-order valence-corrected chi connectivity index (χ1v) is 2.16. The molecule has 1 atom stereocenters. The summed E-state index contributed by atoms with van der Waals surface area (Å²) in [5.41, 5.74) is 6.47. The molecule has 0 aromatic carbocycles. The molecule has 14 heavy (non-hydrogen) atoms. The third-order valence-corrected chi connectivity index (χ3v) is 0.655. The van der Waals surface area contributed by atoms with Crippen molar-refractivity contribution < 1.29 is 54.6 Å². The molecule has 0 spiro atoms. The minimum absolute atomic E-state index is 0. The fourth-order valence-electron chi connectivity index (χ4n) is 0.250. The molecular weight excluding hydrogens is 278 g/mol. The smallest absolute Gasteiger partial charge is 1.00 e. The molecule has 84 valence electrons. The number of hydrogen-bond acceptors (Lipinski definition) is 7. The minimum atomic E-state index is -1.71. The molecule has 0 bridgehead atoms.